The predicted octanol–water partition coefficient (Wildman–Crippen LogP) is 2.31. The summed E-state index contributed by atoms with van der Waals surface area (Å²) in [5.74, 6) is 1.02. The van der Waals surface area contributed by atoms with E-state index in [0.717, 1.165) is 61.1 Å². The van der Waals surface area contributed by atoms with Crippen molar-refractivity contribution in [1.82, 2.24) is 39.8 Å². The minimum atomic E-state index is -0.254. The van der Waals surface area contributed by atoms with Crippen LogP contribution in [0, 0.1) is 20.8 Å². The Labute approximate surface area is 209 Å². The second kappa shape index (κ2) is 10.5. The highest BCUT2D eigenvalue weighted by atomic mass is 16.5. The average Bonchev–Trinajstić information content (AvgIpc) is 3.27. The van der Waals surface area contributed by atoms with Gasteiger partial charge in [0.2, 0.25) is 0 Å². The van der Waals surface area contributed by atoms with E-state index in [1.54, 1.807) is 10.7 Å². The first-order valence-electron chi connectivity index (χ1n) is 12.2. The molecule has 0 atom stereocenters. The number of carbonyl (C=O) groups is 1. The van der Waals surface area contributed by atoms with E-state index in [0.29, 0.717) is 24.6 Å². The molecule has 0 spiro atoms. The maximum atomic E-state index is 12.6. The fourth-order valence-electron chi connectivity index (χ4n) is 4.45. The Morgan fingerprint density at radius 2 is 1.81 bits per heavy atom. The highest BCUT2D eigenvalue weighted by molar-refractivity contribution is 5.92. The maximum Gasteiger partial charge on any atom is 0.271 e. The van der Waals surface area contributed by atoms with E-state index in [1.807, 2.05) is 32.9 Å². The van der Waals surface area contributed by atoms with Crippen LogP contribution >= 0.6 is 0 Å². The molecule has 1 saturated heterocycles. The van der Waals surface area contributed by atoms with E-state index >= 15 is 0 Å². The summed E-state index contributed by atoms with van der Waals surface area (Å²) >= 11 is 0. The van der Waals surface area contributed by atoms with Crippen LogP contribution < -0.4 is 5.32 Å². The highest BCUT2D eigenvalue weighted by Gasteiger charge is 2.14. The number of rotatable bonds is 7. The van der Waals surface area contributed by atoms with Gasteiger partial charge in [-0.15, -0.1) is 0 Å². The molecule has 0 bridgehead atoms. The van der Waals surface area contributed by atoms with Crippen LogP contribution in [0.25, 0.3) is 17.0 Å². The fraction of sp³-hybridized carbons (Fsp3) is 0.385. The third kappa shape index (κ3) is 5.24. The summed E-state index contributed by atoms with van der Waals surface area (Å²) in [6.07, 6.45) is 3.80. The molecule has 36 heavy (non-hydrogen) atoms. The molecule has 0 unspecified atom stereocenters. The van der Waals surface area contributed by atoms with Gasteiger partial charge in [-0.3, -0.25) is 14.7 Å². The monoisotopic (exact) mass is 486 g/mol. The van der Waals surface area contributed by atoms with Crippen molar-refractivity contribution in [2.75, 3.05) is 32.8 Å². The average molecular weight is 487 g/mol. The number of carbonyl (C=O) groups excluding carboxylic acids is 1. The Balaban J connectivity index is 1.17. The fourth-order valence-corrected chi connectivity index (χ4v) is 4.45. The molecule has 1 aromatic carbocycles. The van der Waals surface area contributed by atoms with Gasteiger partial charge in [0.1, 0.15) is 11.5 Å². The number of aromatic nitrogens is 6. The van der Waals surface area contributed by atoms with Gasteiger partial charge in [0, 0.05) is 43.1 Å². The van der Waals surface area contributed by atoms with Gasteiger partial charge >= 0.3 is 0 Å². The Kier molecular flexibility index (Phi) is 6.97. The molecule has 1 fully saturated rings. The number of hydrogen-bond donors (Lipinski definition) is 1. The minimum absolute atomic E-state index is 0.254. The molecule has 1 amide bonds. The van der Waals surface area contributed by atoms with Gasteiger partial charge in [-0.2, -0.15) is 10.1 Å². The molecule has 5 rings (SSSR count). The standard InChI is InChI=1S/C26H30N8O2/c1-17-22(18(2)34-26(30-17)31-19(3)32-34)8-9-27-25(35)24-15-28-23(14-29-24)21-6-4-20(5-7-21)16-33-10-12-36-13-11-33/h4-7,14-15H,8-13,16H2,1-3H3,(H,27,35). The van der Waals surface area contributed by atoms with Crippen LogP contribution in [0.2, 0.25) is 0 Å². The van der Waals surface area contributed by atoms with E-state index in [9.17, 15) is 4.79 Å². The Morgan fingerprint density at radius 1 is 1.03 bits per heavy atom. The largest absolute Gasteiger partial charge is 0.379 e. The van der Waals surface area contributed by atoms with E-state index < -0.39 is 0 Å². The zero-order valence-electron chi connectivity index (χ0n) is 20.9. The summed E-state index contributed by atoms with van der Waals surface area (Å²) < 4.78 is 7.16. The van der Waals surface area contributed by atoms with Crippen LogP contribution in [-0.2, 0) is 17.7 Å². The van der Waals surface area contributed by atoms with E-state index in [4.69, 9.17) is 4.74 Å². The van der Waals surface area contributed by atoms with Gasteiger partial charge in [0.05, 0.1) is 31.3 Å². The SMILES string of the molecule is Cc1nc2nc(C)c(CCNC(=O)c3cnc(-c4ccc(CN5CCOCC5)cc4)cn3)c(C)n2n1. The summed E-state index contributed by atoms with van der Waals surface area (Å²) in [4.78, 5) is 32.7. The molecule has 0 radical (unpaired) electrons. The Hall–Kier alpha value is -3.76. The second-order valence-electron chi connectivity index (χ2n) is 9.01. The third-order valence-electron chi connectivity index (χ3n) is 6.46. The van der Waals surface area contributed by atoms with Crippen molar-refractivity contribution in [3.05, 3.63) is 70.7 Å². The summed E-state index contributed by atoms with van der Waals surface area (Å²) in [6.45, 7) is 10.7. The number of fused-ring (bicyclic) bond motifs is 1. The molecule has 4 heterocycles. The number of nitrogens with one attached hydrogen (secondary N) is 1. The molecule has 186 valence electrons. The van der Waals surface area contributed by atoms with Crippen LogP contribution in [0.15, 0.2) is 36.7 Å². The number of amides is 1. The van der Waals surface area contributed by atoms with Gasteiger partial charge in [-0.1, -0.05) is 24.3 Å². The van der Waals surface area contributed by atoms with E-state index in [2.05, 4.69) is 47.4 Å². The maximum absolute atomic E-state index is 12.6. The lowest BCUT2D eigenvalue weighted by molar-refractivity contribution is 0.0342. The number of benzene rings is 1. The van der Waals surface area contributed by atoms with Gasteiger partial charge in [0.15, 0.2) is 0 Å². The first-order valence-corrected chi connectivity index (χ1v) is 12.2. The van der Waals surface area contributed by atoms with Crippen molar-refractivity contribution in [1.29, 1.82) is 0 Å². The third-order valence-corrected chi connectivity index (χ3v) is 6.46. The number of morpholine rings is 1. The lowest BCUT2D eigenvalue weighted by atomic mass is 10.1. The van der Waals surface area contributed by atoms with Crippen LogP contribution in [0.4, 0.5) is 0 Å². The van der Waals surface area contributed by atoms with Crippen molar-refractivity contribution in [2.24, 2.45) is 0 Å². The molecule has 10 nitrogen and oxygen atoms in total. The summed E-state index contributed by atoms with van der Waals surface area (Å²) in [5.41, 5.74) is 6.16. The molecule has 4 aromatic rings. The van der Waals surface area contributed by atoms with Gasteiger partial charge in [-0.25, -0.2) is 14.5 Å². The lowest BCUT2D eigenvalue weighted by Crippen LogP contribution is -2.35. The summed E-state index contributed by atoms with van der Waals surface area (Å²) in [5, 5.41) is 7.33. The topological polar surface area (TPSA) is 110 Å². The van der Waals surface area contributed by atoms with Gasteiger partial charge in [-0.05, 0) is 38.3 Å². The number of aryl methyl sites for hydroxylation is 3. The molecular formula is C26H30N8O2. The van der Waals surface area contributed by atoms with E-state index in [-0.39, 0.29) is 11.6 Å². The second-order valence-corrected chi connectivity index (χ2v) is 9.01. The number of ether oxygens (including phenoxy) is 1. The van der Waals surface area contributed by atoms with Crippen LogP contribution in [-0.4, -0.2) is 73.2 Å². The smallest absolute Gasteiger partial charge is 0.271 e. The van der Waals surface area contributed by atoms with Crippen molar-refractivity contribution in [3.8, 4) is 11.3 Å². The van der Waals surface area contributed by atoms with Crippen LogP contribution in [0.3, 0.4) is 0 Å². The molecule has 1 aliphatic heterocycles. The first kappa shape index (κ1) is 24.0. The summed E-state index contributed by atoms with van der Waals surface area (Å²) in [6, 6.07) is 8.32. The molecule has 0 aliphatic carbocycles. The Bertz CT molecular complexity index is 1360. The molecule has 1 aliphatic rings. The van der Waals surface area contributed by atoms with Crippen LogP contribution in [0.5, 0.6) is 0 Å². The number of hydrogen-bond acceptors (Lipinski definition) is 8. The van der Waals surface area contributed by atoms with Crippen LogP contribution in [0.1, 0.15) is 38.8 Å². The highest BCUT2D eigenvalue weighted by Crippen LogP contribution is 2.18. The summed E-state index contributed by atoms with van der Waals surface area (Å²) in [7, 11) is 0. The van der Waals surface area contributed by atoms with Gasteiger partial charge in [0.25, 0.3) is 11.7 Å². The minimum Gasteiger partial charge on any atom is -0.379 e. The molecular weight excluding hydrogens is 456 g/mol. The predicted molar refractivity (Wildman–Crippen MR) is 135 cm³/mol. The lowest BCUT2D eigenvalue weighted by Gasteiger charge is -2.26. The Morgan fingerprint density at radius 3 is 2.53 bits per heavy atom. The normalized spacial score (nSPS) is 14.3. The number of nitrogens with zero attached hydrogens (tertiary/aromatic N) is 7. The van der Waals surface area contributed by atoms with Crippen molar-refractivity contribution in [3.63, 3.8) is 0 Å². The first-order chi connectivity index (χ1) is 17.5. The quantitative estimate of drug-likeness (QED) is 0.424. The zero-order valence-corrected chi connectivity index (χ0v) is 20.9. The molecule has 1 N–H and O–H groups in total. The molecule has 10 heteroatoms. The van der Waals surface area contributed by atoms with Crippen molar-refractivity contribution in [2.45, 2.75) is 33.7 Å². The van der Waals surface area contributed by atoms with Crippen molar-refractivity contribution < 1.29 is 9.53 Å². The molecule has 0 saturated carbocycles. The zero-order chi connectivity index (χ0) is 25.1. The molecule has 3 aromatic heterocycles. The van der Waals surface area contributed by atoms with E-state index in [1.165, 1.54) is 11.8 Å². The van der Waals surface area contributed by atoms with Gasteiger partial charge < -0.3 is 10.1 Å². The van der Waals surface area contributed by atoms with Crippen molar-refractivity contribution >= 4 is 11.7 Å².